The molecule has 2 rings (SSSR count). The van der Waals surface area contributed by atoms with Crippen LogP contribution >= 0.6 is 0 Å². The topological polar surface area (TPSA) is 67.4 Å². The summed E-state index contributed by atoms with van der Waals surface area (Å²) >= 11 is 0. The van der Waals surface area contributed by atoms with Gasteiger partial charge in [-0.3, -0.25) is 4.79 Å². The van der Waals surface area contributed by atoms with Gasteiger partial charge in [-0.2, -0.15) is 0 Å². The number of hydrogen-bond donors (Lipinski definition) is 2. The fraction of sp³-hybridized carbons (Fsp3) is 0.300. The maximum atomic E-state index is 13.6. The molecule has 0 saturated carbocycles. The van der Waals surface area contributed by atoms with Gasteiger partial charge in [-0.05, 0) is 48.2 Å². The third-order valence-electron chi connectivity index (χ3n) is 4.20. The number of amides is 1. The Bertz CT molecular complexity index is 775. The number of carbonyl (C=O) groups is 2. The van der Waals surface area contributed by atoms with Crippen LogP contribution in [-0.4, -0.2) is 25.5 Å². The van der Waals surface area contributed by atoms with Gasteiger partial charge in [0.15, 0.2) is 0 Å². The van der Waals surface area contributed by atoms with Crippen LogP contribution in [-0.2, 0) is 9.53 Å². The number of methoxy groups -OCH3 is 1. The third kappa shape index (κ3) is 5.05. The summed E-state index contributed by atoms with van der Waals surface area (Å²) < 4.78 is 18.1. The molecule has 2 aromatic rings. The minimum absolute atomic E-state index is 0.0145. The zero-order chi connectivity index (χ0) is 19.1. The van der Waals surface area contributed by atoms with E-state index in [1.54, 1.807) is 0 Å². The molecule has 0 aliphatic carbocycles. The Morgan fingerprint density at radius 2 is 1.77 bits per heavy atom. The predicted molar refractivity (Wildman–Crippen MR) is 100 cm³/mol. The first-order valence-corrected chi connectivity index (χ1v) is 8.46. The van der Waals surface area contributed by atoms with Gasteiger partial charge >= 0.3 is 5.97 Å². The molecular formula is C20H23FN2O3. The molecule has 26 heavy (non-hydrogen) atoms. The van der Waals surface area contributed by atoms with Crippen molar-refractivity contribution in [3.63, 3.8) is 0 Å². The van der Waals surface area contributed by atoms with Gasteiger partial charge in [-0.15, -0.1) is 0 Å². The largest absolute Gasteiger partial charge is 0.465 e. The van der Waals surface area contributed by atoms with Crippen molar-refractivity contribution in [3.05, 3.63) is 59.4 Å². The number of halogens is 1. The highest BCUT2D eigenvalue weighted by Gasteiger charge is 2.13. The maximum absolute atomic E-state index is 13.6. The van der Waals surface area contributed by atoms with E-state index in [1.807, 2.05) is 24.3 Å². The van der Waals surface area contributed by atoms with Crippen molar-refractivity contribution in [2.45, 2.75) is 26.2 Å². The van der Waals surface area contributed by atoms with Gasteiger partial charge in [0.2, 0.25) is 5.91 Å². The summed E-state index contributed by atoms with van der Waals surface area (Å²) in [6.07, 6.45) is 1.06. The van der Waals surface area contributed by atoms with Crippen LogP contribution in [0.25, 0.3) is 0 Å². The lowest BCUT2D eigenvalue weighted by atomic mass is 9.99. The summed E-state index contributed by atoms with van der Waals surface area (Å²) in [5.41, 5.74) is 2.20. The van der Waals surface area contributed by atoms with Crippen LogP contribution < -0.4 is 10.6 Å². The summed E-state index contributed by atoms with van der Waals surface area (Å²) in [4.78, 5) is 23.6. The monoisotopic (exact) mass is 358 g/mol. The third-order valence-corrected chi connectivity index (χ3v) is 4.20. The number of rotatable bonds is 7. The standard InChI is InChI=1S/C20H23FN2O3/c1-4-13(2)14-5-7-15(8-6-14)23-19(24)12-22-16-9-10-18(21)17(11-16)20(25)26-3/h5-11,13,22H,4,12H2,1-3H3,(H,23,24)/t13-/m1/s1. The van der Waals surface area contributed by atoms with Crippen LogP contribution in [0.1, 0.15) is 42.1 Å². The average molecular weight is 358 g/mol. The van der Waals surface area contributed by atoms with E-state index >= 15 is 0 Å². The first-order valence-electron chi connectivity index (χ1n) is 8.46. The van der Waals surface area contributed by atoms with Gasteiger partial charge in [-0.25, -0.2) is 9.18 Å². The van der Waals surface area contributed by atoms with Crippen LogP contribution in [0.15, 0.2) is 42.5 Å². The van der Waals surface area contributed by atoms with Gasteiger partial charge in [0, 0.05) is 11.4 Å². The Morgan fingerprint density at radius 3 is 2.38 bits per heavy atom. The molecule has 0 unspecified atom stereocenters. The van der Waals surface area contributed by atoms with Crippen LogP contribution in [0.4, 0.5) is 15.8 Å². The number of ether oxygens (including phenoxy) is 1. The maximum Gasteiger partial charge on any atom is 0.340 e. The minimum Gasteiger partial charge on any atom is -0.465 e. The number of anilines is 2. The summed E-state index contributed by atoms with van der Waals surface area (Å²) in [5.74, 6) is -1.21. The van der Waals surface area contributed by atoms with Crippen molar-refractivity contribution in [2.24, 2.45) is 0 Å². The molecular weight excluding hydrogens is 335 g/mol. The Labute approximate surface area is 152 Å². The van der Waals surface area contributed by atoms with Crippen LogP contribution in [0.3, 0.4) is 0 Å². The molecule has 2 aromatic carbocycles. The van der Waals surface area contributed by atoms with Crippen molar-refractivity contribution in [3.8, 4) is 0 Å². The fourth-order valence-corrected chi connectivity index (χ4v) is 2.42. The van der Waals surface area contributed by atoms with Crippen molar-refractivity contribution < 1.29 is 18.7 Å². The molecule has 0 aliphatic heterocycles. The van der Waals surface area contributed by atoms with Gasteiger partial charge in [0.1, 0.15) is 5.82 Å². The molecule has 1 atom stereocenters. The zero-order valence-corrected chi connectivity index (χ0v) is 15.1. The molecule has 0 aromatic heterocycles. The first-order chi connectivity index (χ1) is 12.4. The molecule has 0 heterocycles. The number of hydrogen-bond acceptors (Lipinski definition) is 4. The summed E-state index contributed by atoms with van der Waals surface area (Å²) in [7, 11) is 1.18. The number of carbonyl (C=O) groups excluding carboxylic acids is 2. The minimum atomic E-state index is -0.767. The molecule has 0 radical (unpaired) electrons. The first kappa shape index (κ1) is 19.4. The quantitative estimate of drug-likeness (QED) is 0.729. The van der Waals surface area contributed by atoms with Gasteiger partial charge in [0.25, 0.3) is 0 Å². The molecule has 1 amide bonds. The molecule has 5 nitrogen and oxygen atoms in total. The van der Waals surface area contributed by atoms with Crippen LogP contribution in [0, 0.1) is 5.82 Å². The van der Waals surface area contributed by atoms with E-state index in [1.165, 1.54) is 24.8 Å². The summed E-state index contributed by atoms with van der Waals surface area (Å²) in [6.45, 7) is 4.27. The Morgan fingerprint density at radius 1 is 1.12 bits per heavy atom. The van der Waals surface area contributed by atoms with E-state index in [0.717, 1.165) is 12.5 Å². The van der Waals surface area contributed by atoms with E-state index in [2.05, 4.69) is 29.2 Å². The van der Waals surface area contributed by atoms with Crippen molar-refractivity contribution in [2.75, 3.05) is 24.3 Å². The molecule has 0 bridgehead atoms. The molecule has 0 saturated heterocycles. The highest BCUT2D eigenvalue weighted by atomic mass is 19.1. The van der Waals surface area contributed by atoms with Gasteiger partial charge < -0.3 is 15.4 Å². The zero-order valence-electron chi connectivity index (χ0n) is 15.1. The molecule has 0 fully saturated rings. The normalized spacial score (nSPS) is 11.5. The highest BCUT2D eigenvalue weighted by Crippen LogP contribution is 2.20. The number of nitrogens with one attached hydrogen (secondary N) is 2. The SMILES string of the molecule is CC[C@@H](C)c1ccc(NC(=O)CNc2ccc(F)c(C(=O)OC)c2)cc1. The second-order valence-electron chi connectivity index (χ2n) is 6.02. The smallest absolute Gasteiger partial charge is 0.340 e. The van der Waals surface area contributed by atoms with E-state index in [4.69, 9.17) is 0 Å². The summed E-state index contributed by atoms with van der Waals surface area (Å²) in [6, 6.07) is 11.7. The lowest BCUT2D eigenvalue weighted by molar-refractivity contribution is -0.114. The molecule has 2 N–H and O–H groups in total. The summed E-state index contributed by atoms with van der Waals surface area (Å²) in [5, 5.41) is 5.65. The molecule has 0 spiro atoms. The number of esters is 1. The Kier molecular flexibility index (Phi) is 6.72. The lowest BCUT2D eigenvalue weighted by Gasteiger charge is -2.11. The second kappa shape index (κ2) is 8.99. The van der Waals surface area contributed by atoms with E-state index in [9.17, 15) is 14.0 Å². The van der Waals surface area contributed by atoms with Crippen LogP contribution in [0.5, 0.6) is 0 Å². The van der Waals surface area contributed by atoms with Crippen LogP contribution in [0.2, 0.25) is 0 Å². The van der Waals surface area contributed by atoms with Crippen molar-refractivity contribution >= 4 is 23.3 Å². The molecule has 138 valence electrons. The molecule has 0 aliphatic rings. The highest BCUT2D eigenvalue weighted by molar-refractivity contribution is 5.94. The Balaban J connectivity index is 1.93. The average Bonchev–Trinajstić information content (AvgIpc) is 2.66. The van der Waals surface area contributed by atoms with Gasteiger partial charge in [-0.1, -0.05) is 26.0 Å². The number of benzene rings is 2. The van der Waals surface area contributed by atoms with Crippen molar-refractivity contribution in [1.82, 2.24) is 0 Å². The van der Waals surface area contributed by atoms with Crippen molar-refractivity contribution in [1.29, 1.82) is 0 Å². The van der Waals surface area contributed by atoms with Gasteiger partial charge in [0.05, 0.1) is 19.2 Å². The van der Waals surface area contributed by atoms with E-state index in [0.29, 0.717) is 17.3 Å². The van der Waals surface area contributed by atoms with E-state index < -0.39 is 11.8 Å². The fourth-order valence-electron chi connectivity index (χ4n) is 2.42. The lowest BCUT2D eigenvalue weighted by Crippen LogP contribution is -2.22. The van der Waals surface area contributed by atoms with E-state index in [-0.39, 0.29) is 18.0 Å². The molecule has 6 heteroatoms. The Hall–Kier alpha value is -2.89. The predicted octanol–water partition coefficient (Wildman–Crippen LogP) is 4.18. The second-order valence-corrected chi connectivity index (χ2v) is 6.02.